The second-order valence-corrected chi connectivity index (χ2v) is 14.8. The van der Waals surface area contributed by atoms with Gasteiger partial charge in [0, 0.05) is 32.5 Å². The van der Waals surface area contributed by atoms with E-state index in [1.54, 1.807) is 0 Å². The first-order valence-corrected chi connectivity index (χ1v) is 19.3. The van der Waals surface area contributed by atoms with Crippen LogP contribution in [0, 0.1) is 0 Å². The van der Waals surface area contributed by atoms with Gasteiger partial charge in [0.1, 0.15) is 40.5 Å². The van der Waals surface area contributed by atoms with Crippen molar-refractivity contribution in [3.8, 4) is 16.8 Å². The molecule has 0 fully saturated rings. The number of hydrogen-bond donors (Lipinski definition) is 2. The van der Waals surface area contributed by atoms with Crippen LogP contribution in [0.4, 0.5) is 0 Å². The maximum Gasteiger partial charge on any atom is 0.137 e. The van der Waals surface area contributed by atoms with E-state index < -0.39 is 0 Å². The molecule has 2 atom stereocenters. The molecule has 4 heterocycles. The average Bonchev–Trinajstić information content (AvgIpc) is 3.95. The zero-order valence-electron chi connectivity index (χ0n) is 30.7. The summed E-state index contributed by atoms with van der Waals surface area (Å²) < 4.78 is 15.3. The van der Waals surface area contributed by atoms with Gasteiger partial charge in [0.15, 0.2) is 0 Å². The number of aliphatic imine (C=N–C) groups is 1. The predicted molar refractivity (Wildman–Crippen MR) is 232 cm³/mol. The van der Waals surface area contributed by atoms with Gasteiger partial charge in [-0.2, -0.15) is 0 Å². The molecule has 2 N–H and O–H groups in total. The minimum absolute atomic E-state index is 0.114. The fourth-order valence-corrected chi connectivity index (χ4v) is 8.79. The van der Waals surface area contributed by atoms with E-state index in [9.17, 15) is 0 Å². The van der Waals surface area contributed by atoms with Gasteiger partial charge in [0.05, 0.1) is 22.1 Å². The first kappa shape index (κ1) is 31.9. The summed E-state index contributed by atoms with van der Waals surface area (Å²) in [6.07, 6.45) is -0.322. The van der Waals surface area contributed by atoms with Crippen LogP contribution >= 0.6 is 0 Å². The molecule has 0 saturated carbocycles. The number of rotatable bonds is 5. The average molecular weight is 735 g/mol. The van der Waals surface area contributed by atoms with Crippen LogP contribution in [0.15, 0.2) is 196 Å². The van der Waals surface area contributed by atoms with Gasteiger partial charge in [-0.1, -0.05) is 115 Å². The highest BCUT2D eigenvalue weighted by molar-refractivity contribution is 6.15. The molecule has 1 aliphatic rings. The van der Waals surface area contributed by atoms with E-state index >= 15 is 0 Å². The Morgan fingerprint density at radius 1 is 0.439 bits per heavy atom. The molecule has 2 unspecified atom stereocenters. The topological polar surface area (TPSA) is 67.6 Å². The van der Waals surface area contributed by atoms with E-state index in [0.29, 0.717) is 0 Å². The lowest BCUT2D eigenvalue weighted by atomic mass is 9.99. The van der Waals surface area contributed by atoms with Crippen molar-refractivity contribution in [2.45, 2.75) is 12.3 Å². The second kappa shape index (κ2) is 12.6. The molecule has 0 amide bonds. The molecule has 3 aromatic heterocycles. The lowest BCUT2D eigenvalue weighted by Crippen LogP contribution is -2.44. The fraction of sp³-hybridized carbons (Fsp3) is 0.0392. The summed E-state index contributed by atoms with van der Waals surface area (Å²) in [5.74, 6) is 0.834. The molecule has 0 spiro atoms. The first-order chi connectivity index (χ1) is 28.2. The number of nitrogens with one attached hydrogen (secondary N) is 2. The van der Waals surface area contributed by atoms with Crippen LogP contribution in [0.25, 0.3) is 82.5 Å². The number of amidine groups is 1. The largest absolute Gasteiger partial charge is 0.456 e. The number of fused-ring (bicyclic) bond motifs is 9. The second-order valence-electron chi connectivity index (χ2n) is 14.8. The third-order valence-electron chi connectivity index (χ3n) is 11.5. The zero-order valence-corrected chi connectivity index (χ0v) is 30.7. The van der Waals surface area contributed by atoms with Crippen LogP contribution in [0.3, 0.4) is 0 Å². The number of para-hydroxylation sites is 2. The van der Waals surface area contributed by atoms with Crippen molar-refractivity contribution < 1.29 is 8.83 Å². The Morgan fingerprint density at radius 2 is 0.982 bits per heavy atom. The van der Waals surface area contributed by atoms with Crippen LogP contribution in [0.1, 0.15) is 29.0 Å². The van der Waals surface area contributed by atoms with E-state index in [1.165, 1.54) is 21.8 Å². The molecule has 6 nitrogen and oxygen atoms in total. The molecule has 0 saturated heterocycles. The van der Waals surface area contributed by atoms with Crippen LogP contribution in [0.5, 0.6) is 0 Å². The Bertz CT molecular complexity index is 3320. The van der Waals surface area contributed by atoms with Crippen LogP contribution in [-0.4, -0.2) is 10.4 Å². The highest BCUT2D eigenvalue weighted by atomic mass is 16.3. The first-order valence-electron chi connectivity index (χ1n) is 19.3. The van der Waals surface area contributed by atoms with Crippen molar-refractivity contribution >= 4 is 71.5 Å². The van der Waals surface area contributed by atoms with E-state index in [4.69, 9.17) is 13.8 Å². The molecule has 8 aromatic carbocycles. The quantitative estimate of drug-likeness (QED) is 0.185. The van der Waals surface area contributed by atoms with Gasteiger partial charge >= 0.3 is 0 Å². The summed E-state index contributed by atoms with van der Waals surface area (Å²) in [5, 5.41) is 14.1. The highest BCUT2D eigenvalue weighted by Gasteiger charge is 2.26. The Labute approximate surface area is 327 Å². The van der Waals surface area contributed by atoms with Gasteiger partial charge in [-0.25, -0.2) is 4.99 Å². The van der Waals surface area contributed by atoms with Crippen LogP contribution in [-0.2, 0) is 0 Å². The molecule has 11 aromatic rings. The molecular formula is C51H34N4O2. The summed E-state index contributed by atoms with van der Waals surface area (Å²) in [5.41, 5.74) is 12.3. The summed E-state index contributed by atoms with van der Waals surface area (Å²) in [6.45, 7) is 0. The van der Waals surface area contributed by atoms with E-state index in [1.807, 2.05) is 12.1 Å². The molecule has 270 valence electrons. The lowest BCUT2D eigenvalue weighted by molar-refractivity contribution is 0.409. The molecule has 0 radical (unpaired) electrons. The molecule has 1 aliphatic heterocycles. The summed E-state index contributed by atoms with van der Waals surface area (Å²) in [7, 11) is 0. The number of hydrogen-bond acceptors (Lipinski definition) is 5. The van der Waals surface area contributed by atoms with Gasteiger partial charge in [-0.3, -0.25) is 5.32 Å². The van der Waals surface area contributed by atoms with Crippen molar-refractivity contribution in [2.75, 3.05) is 0 Å². The van der Waals surface area contributed by atoms with Crippen LogP contribution in [0.2, 0.25) is 0 Å². The molecular weight excluding hydrogens is 701 g/mol. The summed E-state index contributed by atoms with van der Waals surface area (Å²) in [6, 6.07) is 63.9. The maximum absolute atomic E-state index is 6.51. The van der Waals surface area contributed by atoms with Crippen molar-refractivity contribution in [1.82, 2.24) is 15.2 Å². The van der Waals surface area contributed by atoms with Gasteiger partial charge in [0.25, 0.3) is 0 Å². The molecule has 57 heavy (non-hydrogen) atoms. The Hall–Kier alpha value is -7.41. The van der Waals surface area contributed by atoms with E-state index in [2.05, 4.69) is 185 Å². The monoisotopic (exact) mass is 734 g/mol. The molecule has 0 bridgehead atoms. The molecule has 0 aliphatic carbocycles. The van der Waals surface area contributed by atoms with Crippen molar-refractivity contribution in [2.24, 2.45) is 4.99 Å². The number of nitrogens with zero attached hydrogens (tertiary/aromatic N) is 2. The van der Waals surface area contributed by atoms with Crippen LogP contribution < -0.4 is 10.6 Å². The third-order valence-corrected chi connectivity index (χ3v) is 11.5. The van der Waals surface area contributed by atoms with E-state index in [0.717, 1.165) is 83.2 Å². The van der Waals surface area contributed by atoms with Gasteiger partial charge in [-0.15, -0.1) is 0 Å². The smallest absolute Gasteiger partial charge is 0.137 e. The molecule has 12 rings (SSSR count). The van der Waals surface area contributed by atoms with Crippen molar-refractivity contribution in [3.05, 3.63) is 199 Å². The Balaban J connectivity index is 0.981. The van der Waals surface area contributed by atoms with Gasteiger partial charge < -0.3 is 18.7 Å². The minimum atomic E-state index is -0.208. The number of benzene rings is 8. The Kier molecular flexibility index (Phi) is 7.03. The SMILES string of the molecule is c1ccc(C2N=C(c3ccc4oc5ccc(-c6ccc7oc8cccc(-n9c%10ccccc%10c%10ccccc%109)c8c7c6)cc5c4c3)NC(c3ccccc3)N2)cc1. The lowest BCUT2D eigenvalue weighted by Gasteiger charge is -2.32. The molecule has 6 heteroatoms. The fourth-order valence-electron chi connectivity index (χ4n) is 8.79. The summed E-state index contributed by atoms with van der Waals surface area (Å²) >= 11 is 0. The minimum Gasteiger partial charge on any atom is -0.456 e. The maximum atomic E-state index is 6.51. The third kappa shape index (κ3) is 5.12. The predicted octanol–water partition coefficient (Wildman–Crippen LogP) is 12.6. The number of furan rings is 2. The standard InChI is InChI=1S/C51H34N4O2/c1-3-12-31(13-4-1)49-52-50(32-14-5-2-6-15-32)54-51(53-49)35-24-27-45-39(30-35)38-28-33(22-25-44(38)56-45)34-23-26-46-40(29-34)48-43(20-11-21-47(48)57-46)55-41-18-9-7-16-36(41)37-17-8-10-19-42(37)55/h1-30,49-50,52H,(H,53,54). The highest BCUT2D eigenvalue weighted by Crippen LogP contribution is 2.41. The van der Waals surface area contributed by atoms with E-state index in [-0.39, 0.29) is 12.3 Å². The van der Waals surface area contributed by atoms with Crippen molar-refractivity contribution in [1.29, 1.82) is 0 Å². The van der Waals surface area contributed by atoms with Gasteiger partial charge in [0.2, 0.25) is 0 Å². The zero-order chi connectivity index (χ0) is 37.5. The number of aromatic nitrogens is 1. The van der Waals surface area contributed by atoms with Gasteiger partial charge in [-0.05, 0) is 89.0 Å². The Morgan fingerprint density at radius 3 is 1.67 bits per heavy atom. The summed E-state index contributed by atoms with van der Waals surface area (Å²) in [4.78, 5) is 5.20. The normalized spacial score (nSPS) is 15.9. The van der Waals surface area contributed by atoms with Crippen molar-refractivity contribution in [3.63, 3.8) is 0 Å².